The number of nitrogens with zero attached hydrogens (tertiary/aromatic N) is 1. The number of carbonyl (C=O) groups excluding carboxylic acids is 1. The first-order valence-corrected chi connectivity index (χ1v) is 8.76. The summed E-state index contributed by atoms with van der Waals surface area (Å²) in [7, 11) is 0. The maximum Gasteiger partial charge on any atom is 0.237 e. The zero-order chi connectivity index (χ0) is 17.7. The summed E-state index contributed by atoms with van der Waals surface area (Å²) < 4.78 is 5.66. The Labute approximate surface area is 145 Å². The van der Waals surface area contributed by atoms with Crippen molar-refractivity contribution in [2.24, 2.45) is 11.1 Å². The van der Waals surface area contributed by atoms with Gasteiger partial charge in [-0.1, -0.05) is 26.0 Å². The number of rotatable bonds is 6. The van der Waals surface area contributed by atoms with Crippen molar-refractivity contribution in [3.8, 4) is 5.75 Å². The second kappa shape index (κ2) is 7.99. The number of carbonyl (C=O) groups is 1. The highest BCUT2D eigenvalue weighted by Gasteiger charge is 2.36. The van der Waals surface area contributed by atoms with Gasteiger partial charge in [0.25, 0.3) is 0 Å². The molecule has 1 amide bonds. The number of benzene rings is 1. The van der Waals surface area contributed by atoms with E-state index < -0.39 is 0 Å². The first kappa shape index (κ1) is 18.7. The van der Waals surface area contributed by atoms with Crippen molar-refractivity contribution in [1.82, 2.24) is 10.2 Å². The maximum absolute atomic E-state index is 12.4. The van der Waals surface area contributed by atoms with Crippen LogP contribution in [0.4, 0.5) is 0 Å². The van der Waals surface area contributed by atoms with E-state index in [2.05, 4.69) is 24.1 Å². The van der Waals surface area contributed by atoms with Crippen LogP contribution >= 0.6 is 0 Å². The number of ether oxygens (including phenoxy) is 1. The Kier molecular flexibility index (Phi) is 6.24. The fraction of sp³-hybridized carbons (Fsp3) is 0.632. The normalized spacial score (nSPS) is 22.0. The van der Waals surface area contributed by atoms with Crippen LogP contribution in [0.25, 0.3) is 0 Å². The van der Waals surface area contributed by atoms with Gasteiger partial charge in [-0.3, -0.25) is 9.69 Å². The first-order chi connectivity index (χ1) is 11.3. The number of hydrogen-bond acceptors (Lipinski definition) is 4. The maximum atomic E-state index is 12.4. The molecule has 0 saturated carbocycles. The average molecular weight is 333 g/mol. The third-order valence-corrected chi connectivity index (χ3v) is 4.93. The van der Waals surface area contributed by atoms with Gasteiger partial charge >= 0.3 is 0 Å². The van der Waals surface area contributed by atoms with E-state index in [1.807, 2.05) is 38.1 Å². The van der Waals surface area contributed by atoms with Crippen LogP contribution in [0.5, 0.6) is 5.75 Å². The van der Waals surface area contributed by atoms with Gasteiger partial charge in [-0.05, 0) is 43.4 Å². The summed E-state index contributed by atoms with van der Waals surface area (Å²) in [5.74, 6) is 0.887. The van der Waals surface area contributed by atoms with E-state index >= 15 is 0 Å². The third-order valence-electron chi connectivity index (χ3n) is 4.93. The molecular formula is C19H31N3O2. The van der Waals surface area contributed by atoms with Crippen molar-refractivity contribution in [3.05, 3.63) is 29.8 Å². The van der Waals surface area contributed by atoms with Crippen LogP contribution in [0.3, 0.4) is 0 Å². The number of nitrogens with one attached hydrogen (secondary N) is 1. The summed E-state index contributed by atoms with van der Waals surface area (Å²) in [6.07, 6.45) is 0.932. The van der Waals surface area contributed by atoms with Gasteiger partial charge in [0.15, 0.2) is 0 Å². The van der Waals surface area contributed by atoms with Crippen LogP contribution in [0.2, 0.25) is 0 Å². The molecule has 1 aliphatic rings. The van der Waals surface area contributed by atoms with Crippen molar-refractivity contribution in [2.75, 3.05) is 26.2 Å². The van der Waals surface area contributed by atoms with E-state index in [1.165, 1.54) is 0 Å². The molecule has 0 spiro atoms. The molecular weight excluding hydrogens is 302 g/mol. The molecule has 0 bridgehead atoms. The predicted octanol–water partition coefficient (Wildman–Crippen LogP) is 1.94. The summed E-state index contributed by atoms with van der Waals surface area (Å²) in [6, 6.07) is 7.97. The standard InChI is InChI=1S/C19H31N3O2/c1-14-6-5-7-16(12-14)24-11-9-21-18(23)15(2)22-10-8-17(20)19(3,4)13-22/h5-7,12,15,17H,8-11,13,20H2,1-4H3,(H,21,23). The molecule has 5 heteroatoms. The van der Waals surface area contributed by atoms with Crippen LogP contribution in [-0.4, -0.2) is 49.1 Å². The van der Waals surface area contributed by atoms with Gasteiger partial charge < -0.3 is 15.8 Å². The van der Waals surface area contributed by atoms with Crippen molar-refractivity contribution in [1.29, 1.82) is 0 Å². The Morgan fingerprint density at radius 1 is 1.50 bits per heavy atom. The van der Waals surface area contributed by atoms with E-state index in [-0.39, 0.29) is 23.4 Å². The van der Waals surface area contributed by atoms with Crippen molar-refractivity contribution >= 4 is 5.91 Å². The number of aryl methyl sites for hydroxylation is 1. The van der Waals surface area contributed by atoms with E-state index in [9.17, 15) is 4.79 Å². The van der Waals surface area contributed by atoms with Crippen molar-refractivity contribution in [3.63, 3.8) is 0 Å². The summed E-state index contributed by atoms with van der Waals surface area (Å²) in [4.78, 5) is 14.6. The zero-order valence-corrected chi connectivity index (χ0v) is 15.3. The molecule has 5 nitrogen and oxygen atoms in total. The topological polar surface area (TPSA) is 67.6 Å². The lowest BCUT2D eigenvalue weighted by molar-refractivity contribution is -0.127. The number of hydrogen-bond donors (Lipinski definition) is 2. The van der Waals surface area contributed by atoms with Gasteiger partial charge in [0.1, 0.15) is 12.4 Å². The third kappa shape index (κ3) is 4.95. The number of piperidine rings is 1. The Balaban J connectivity index is 1.74. The molecule has 0 aliphatic carbocycles. The summed E-state index contributed by atoms with van der Waals surface area (Å²) in [5.41, 5.74) is 7.38. The molecule has 1 aliphatic heterocycles. The second-order valence-corrected chi connectivity index (χ2v) is 7.49. The van der Waals surface area contributed by atoms with Crippen molar-refractivity contribution < 1.29 is 9.53 Å². The number of amides is 1. The van der Waals surface area contributed by atoms with Gasteiger partial charge in [0.05, 0.1) is 12.6 Å². The van der Waals surface area contributed by atoms with Gasteiger partial charge in [-0.15, -0.1) is 0 Å². The molecule has 1 heterocycles. The minimum absolute atomic E-state index is 0.0427. The Hall–Kier alpha value is -1.59. The molecule has 1 aromatic rings. The van der Waals surface area contributed by atoms with Gasteiger partial charge in [0.2, 0.25) is 5.91 Å². The largest absolute Gasteiger partial charge is 0.492 e. The molecule has 1 aromatic carbocycles. The van der Waals surface area contributed by atoms with Crippen LogP contribution in [0.15, 0.2) is 24.3 Å². The van der Waals surface area contributed by atoms with Gasteiger partial charge in [-0.25, -0.2) is 0 Å². The highest BCUT2D eigenvalue weighted by Crippen LogP contribution is 2.28. The number of likely N-dealkylation sites (tertiary alicyclic amines) is 1. The van der Waals surface area contributed by atoms with Crippen LogP contribution in [0, 0.1) is 12.3 Å². The number of nitrogens with two attached hydrogens (primary N) is 1. The van der Waals surface area contributed by atoms with E-state index in [1.54, 1.807) is 0 Å². The molecule has 2 unspecified atom stereocenters. The lowest BCUT2D eigenvalue weighted by Gasteiger charge is -2.44. The monoisotopic (exact) mass is 333 g/mol. The molecule has 0 aromatic heterocycles. The Bertz CT molecular complexity index is 559. The lowest BCUT2D eigenvalue weighted by atomic mass is 9.79. The highest BCUT2D eigenvalue weighted by molar-refractivity contribution is 5.81. The molecule has 2 rings (SSSR count). The minimum Gasteiger partial charge on any atom is -0.492 e. The minimum atomic E-state index is -0.143. The molecule has 24 heavy (non-hydrogen) atoms. The highest BCUT2D eigenvalue weighted by atomic mass is 16.5. The molecule has 1 saturated heterocycles. The molecule has 0 radical (unpaired) electrons. The summed E-state index contributed by atoms with van der Waals surface area (Å²) >= 11 is 0. The van der Waals surface area contributed by atoms with Gasteiger partial charge in [0, 0.05) is 19.1 Å². The molecule has 134 valence electrons. The SMILES string of the molecule is Cc1cccc(OCCNC(=O)C(C)N2CCC(N)C(C)(C)C2)c1. The Morgan fingerprint density at radius 3 is 2.92 bits per heavy atom. The summed E-state index contributed by atoms with van der Waals surface area (Å²) in [6.45, 7) is 11.0. The smallest absolute Gasteiger partial charge is 0.237 e. The lowest BCUT2D eigenvalue weighted by Crippen LogP contribution is -2.57. The second-order valence-electron chi connectivity index (χ2n) is 7.49. The van der Waals surface area contributed by atoms with Crippen LogP contribution in [-0.2, 0) is 4.79 Å². The fourth-order valence-electron chi connectivity index (χ4n) is 3.11. The van der Waals surface area contributed by atoms with Crippen molar-refractivity contribution in [2.45, 2.75) is 46.2 Å². The van der Waals surface area contributed by atoms with Crippen LogP contribution in [0.1, 0.15) is 32.8 Å². The van der Waals surface area contributed by atoms with Crippen LogP contribution < -0.4 is 15.8 Å². The predicted molar refractivity (Wildman–Crippen MR) is 97.1 cm³/mol. The molecule has 1 fully saturated rings. The average Bonchev–Trinajstić information content (AvgIpc) is 2.53. The molecule has 3 N–H and O–H groups in total. The molecule has 2 atom stereocenters. The zero-order valence-electron chi connectivity index (χ0n) is 15.3. The van der Waals surface area contributed by atoms with E-state index in [0.717, 1.165) is 30.8 Å². The van der Waals surface area contributed by atoms with Gasteiger partial charge in [-0.2, -0.15) is 0 Å². The Morgan fingerprint density at radius 2 is 2.25 bits per heavy atom. The summed E-state index contributed by atoms with van der Waals surface area (Å²) in [5, 5.41) is 2.97. The van der Waals surface area contributed by atoms with E-state index in [0.29, 0.717) is 13.2 Å². The quantitative estimate of drug-likeness (QED) is 0.781. The first-order valence-electron chi connectivity index (χ1n) is 8.76. The van der Waals surface area contributed by atoms with E-state index in [4.69, 9.17) is 10.5 Å². The fourth-order valence-corrected chi connectivity index (χ4v) is 3.11.